The van der Waals surface area contributed by atoms with Gasteiger partial charge in [0, 0.05) is 13.6 Å². The van der Waals surface area contributed by atoms with Gasteiger partial charge in [0.25, 0.3) is 5.56 Å². The van der Waals surface area contributed by atoms with E-state index in [4.69, 9.17) is 0 Å². The van der Waals surface area contributed by atoms with Gasteiger partial charge in [-0.1, -0.05) is 66.4 Å². The molecule has 0 unspecified atom stereocenters. The largest absolute Gasteiger partial charge is 0.351 e. The van der Waals surface area contributed by atoms with Crippen LogP contribution in [-0.2, 0) is 18.4 Å². The summed E-state index contributed by atoms with van der Waals surface area (Å²) in [4.78, 5) is 30.0. The first kappa shape index (κ1) is 19.2. The minimum absolute atomic E-state index is 0.0910. The van der Waals surface area contributed by atoms with Crippen molar-refractivity contribution in [2.45, 2.75) is 23.9 Å². The second-order valence-electron chi connectivity index (χ2n) is 6.94. The zero-order valence-electron chi connectivity index (χ0n) is 16.3. The molecule has 0 spiro atoms. The number of amides is 1. The first-order chi connectivity index (χ1) is 14.0. The van der Waals surface area contributed by atoms with E-state index in [0.717, 1.165) is 16.3 Å². The van der Waals surface area contributed by atoms with Gasteiger partial charge in [0.05, 0.1) is 16.2 Å². The highest BCUT2D eigenvalue weighted by molar-refractivity contribution is 8.00. The molecule has 4 rings (SSSR count). The number of thioether (sulfide) groups is 1. The Morgan fingerprint density at radius 1 is 1.07 bits per heavy atom. The third-order valence-corrected chi connectivity index (χ3v) is 6.01. The lowest BCUT2D eigenvalue weighted by molar-refractivity contribution is -0.120. The van der Waals surface area contributed by atoms with Crippen molar-refractivity contribution in [3.63, 3.8) is 0 Å². The lowest BCUT2D eigenvalue weighted by atomic mass is 10.1. The maximum Gasteiger partial charge on any atom is 0.261 e. The monoisotopic (exact) mass is 403 g/mol. The van der Waals surface area contributed by atoms with Crippen molar-refractivity contribution in [2.24, 2.45) is 7.05 Å². The summed E-state index contributed by atoms with van der Waals surface area (Å²) in [5.41, 5.74) is 1.58. The summed E-state index contributed by atoms with van der Waals surface area (Å²) >= 11 is 1.29. The fourth-order valence-corrected chi connectivity index (χ4v) is 4.08. The molecule has 5 nitrogen and oxygen atoms in total. The lowest BCUT2D eigenvalue weighted by Crippen LogP contribution is -2.31. The topological polar surface area (TPSA) is 64.0 Å². The summed E-state index contributed by atoms with van der Waals surface area (Å²) in [7, 11) is 1.70. The van der Waals surface area contributed by atoms with Gasteiger partial charge in [0.15, 0.2) is 5.16 Å². The molecule has 6 heteroatoms. The molecule has 1 N–H and O–H groups in total. The summed E-state index contributed by atoms with van der Waals surface area (Å²) in [6.07, 6.45) is 0. The molecule has 0 aliphatic rings. The molecule has 0 aliphatic carbocycles. The van der Waals surface area contributed by atoms with Crippen LogP contribution in [0.5, 0.6) is 0 Å². The fraction of sp³-hybridized carbons (Fsp3) is 0.174. The minimum atomic E-state index is -0.380. The minimum Gasteiger partial charge on any atom is -0.351 e. The molecule has 146 valence electrons. The molecule has 1 amide bonds. The molecule has 0 saturated carbocycles. The highest BCUT2D eigenvalue weighted by Crippen LogP contribution is 2.24. The second kappa shape index (κ2) is 8.09. The normalized spacial score (nSPS) is 12.2. The number of hydrogen-bond donors (Lipinski definition) is 1. The van der Waals surface area contributed by atoms with Crippen molar-refractivity contribution >= 4 is 39.3 Å². The number of benzene rings is 3. The van der Waals surface area contributed by atoms with E-state index in [1.54, 1.807) is 7.05 Å². The average Bonchev–Trinajstić information content (AvgIpc) is 2.75. The molecule has 1 aromatic heterocycles. The number of nitrogens with one attached hydrogen (secondary N) is 1. The van der Waals surface area contributed by atoms with Crippen LogP contribution < -0.4 is 10.9 Å². The average molecular weight is 404 g/mol. The van der Waals surface area contributed by atoms with Crippen LogP contribution in [0.3, 0.4) is 0 Å². The third kappa shape index (κ3) is 4.03. The van der Waals surface area contributed by atoms with Crippen molar-refractivity contribution < 1.29 is 4.79 Å². The van der Waals surface area contributed by atoms with Gasteiger partial charge in [-0.25, -0.2) is 4.98 Å². The Bertz CT molecular complexity index is 1250. The highest BCUT2D eigenvalue weighted by atomic mass is 32.2. The zero-order valence-corrected chi connectivity index (χ0v) is 17.1. The van der Waals surface area contributed by atoms with Gasteiger partial charge in [-0.05, 0) is 35.4 Å². The van der Waals surface area contributed by atoms with Crippen LogP contribution in [0.25, 0.3) is 21.7 Å². The molecule has 1 atom stereocenters. The molecule has 29 heavy (non-hydrogen) atoms. The molecule has 0 bridgehead atoms. The Labute approximate surface area is 172 Å². The fourth-order valence-electron chi connectivity index (χ4n) is 3.18. The Morgan fingerprint density at radius 3 is 2.45 bits per heavy atom. The number of hydrogen-bond acceptors (Lipinski definition) is 4. The summed E-state index contributed by atoms with van der Waals surface area (Å²) < 4.78 is 1.52. The summed E-state index contributed by atoms with van der Waals surface area (Å²) in [6, 6.07) is 21.5. The van der Waals surface area contributed by atoms with Gasteiger partial charge in [-0.2, -0.15) is 0 Å². The van der Waals surface area contributed by atoms with Crippen LogP contribution in [-0.4, -0.2) is 20.7 Å². The summed E-state index contributed by atoms with van der Waals surface area (Å²) in [5, 5.41) is 5.71. The Balaban J connectivity index is 1.58. The molecular weight excluding hydrogens is 382 g/mol. The van der Waals surface area contributed by atoms with Gasteiger partial charge in [0.2, 0.25) is 5.91 Å². The molecule has 0 aliphatic heterocycles. The van der Waals surface area contributed by atoms with Crippen LogP contribution in [0, 0.1) is 0 Å². The zero-order chi connectivity index (χ0) is 20.4. The molecule has 4 aromatic rings. The van der Waals surface area contributed by atoms with E-state index in [0.29, 0.717) is 22.6 Å². The Hall–Kier alpha value is -3.12. The van der Waals surface area contributed by atoms with E-state index in [2.05, 4.69) is 10.3 Å². The number of nitrogens with zero attached hydrogens (tertiary/aromatic N) is 2. The number of fused-ring (bicyclic) bond motifs is 2. The molecule has 1 heterocycles. The van der Waals surface area contributed by atoms with Gasteiger partial charge in [-0.3, -0.25) is 14.2 Å². The first-order valence-electron chi connectivity index (χ1n) is 9.41. The van der Waals surface area contributed by atoms with E-state index >= 15 is 0 Å². The van der Waals surface area contributed by atoms with E-state index < -0.39 is 0 Å². The van der Waals surface area contributed by atoms with Gasteiger partial charge in [-0.15, -0.1) is 0 Å². The third-order valence-electron chi connectivity index (χ3n) is 4.86. The standard InChI is InChI=1S/C23H21N3O2S/c1-15(21(27)24-14-16-8-4-3-5-9-16)29-23-25-20-13-18-11-7-6-10-17(18)12-19(20)22(28)26(23)2/h3-13,15H,14H2,1-2H3,(H,24,27)/t15-/m0/s1. The van der Waals surface area contributed by atoms with Crippen LogP contribution in [0.4, 0.5) is 0 Å². The van der Waals surface area contributed by atoms with E-state index in [1.165, 1.54) is 16.3 Å². The smallest absolute Gasteiger partial charge is 0.261 e. The predicted molar refractivity (Wildman–Crippen MR) is 118 cm³/mol. The first-order valence-corrected chi connectivity index (χ1v) is 10.3. The quantitative estimate of drug-likeness (QED) is 0.312. The number of carbonyl (C=O) groups is 1. The summed E-state index contributed by atoms with van der Waals surface area (Å²) in [6.45, 7) is 2.29. The molecule has 3 aromatic carbocycles. The van der Waals surface area contributed by atoms with Crippen LogP contribution in [0.15, 0.2) is 76.7 Å². The second-order valence-corrected chi connectivity index (χ2v) is 8.25. The van der Waals surface area contributed by atoms with Gasteiger partial charge >= 0.3 is 0 Å². The maximum absolute atomic E-state index is 12.9. The van der Waals surface area contributed by atoms with Crippen molar-refractivity contribution in [1.82, 2.24) is 14.9 Å². The van der Waals surface area contributed by atoms with Crippen molar-refractivity contribution in [1.29, 1.82) is 0 Å². The molecule has 0 saturated heterocycles. The maximum atomic E-state index is 12.9. The molecular formula is C23H21N3O2S. The SMILES string of the molecule is C[C@H](Sc1nc2cc3ccccc3cc2c(=O)n1C)C(=O)NCc1ccccc1. The Morgan fingerprint density at radius 2 is 1.72 bits per heavy atom. The van der Waals surface area contributed by atoms with Crippen molar-refractivity contribution in [3.8, 4) is 0 Å². The molecule has 0 radical (unpaired) electrons. The lowest BCUT2D eigenvalue weighted by Gasteiger charge is -2.14. The number of carbonyl (C=O) groups excluding carboxylic acids is 1. The van der Waals surface area contributed by atoms with E-state index in [-0.39, 0.29) is 16.7 Å². The van der Waals surface area contributed by atoms with Crippen LogP contribution in [0.1, 0.15) is 12.5 Å². The van der Waals surface area contributed by atoms with Gasteiger partial charge in [0.1, 0.15) is 0 Å². The van der Waals surface area contributed by atoms with E-state index in [1.807, 2.05) is 73.7 Å². The molecule has 0 fully saturated rings. The Kier molecular flexibility index (Phi) is 5.36. The van der Waals surface area contributed by atoms with Crippen molar-refractivity contribution in [2.75, 3.05) is 0 Å². The number of rotatable bonds is 5. The van der Waals surface area contributed by atoms with Crippen LogP contribution in [0.2, 0.25) is 0 Å². The predicted octanol–water partition coefficient (Wildman–Crippen LogP) is 3.88. The summed E-state index contributed by atoms with van der Waals surface area (Å²) in [5.74, 6) is -0.0910. The number of aromatic nitrogens is 2. The van der Waals surface area contributed by atoms with Crippen LogP contribution >= 0.6 is 11.8 Å². The van der Waals surface area contributed by atoms with E-state index in [9.17, 15) is 9.59 Å². The van der Waals surface area contributed by atoms with Crippen molar-refractivity contribution in [3.05, 3.63) is 82.6 Å². The van der Waals surface area contributed by atoms with Gasteiger partial charge < -0.3 is 5.32 Å². The highest BCUT2D eigenvalue weighted by Gasteiger charge is 2.18.